The number of halogens is 2. The second-order valence-corrected chi connectivity index (χ2v) is 8.02. The maximum absolute atomic E-state index is 12.7. The van der Waals surface area contributed by atoms with E-state index in [-0.39, 0.29) is 5.57 Å². The van der Waals surface area contributed by atoms with Gasteiger partial charge < -0.3 is 9.88 Å². The van der Waals surface area contributed by atoms with E-state index in [1.807, 2.05) is 69.3 Å². The quantitative estimate of drug-likeness (QED) is 0.357. The average molecular weight is 469 g/mol. The molecule has 1 N–H and O–H groups in total. The molecule has 0 saturated heterocycles. The number of aryl methyl sites for hydroxylation is 2. The lowest BCUT2D eigenvalue weighted by Crippen LogP contribution is -2.14. The van der Waals surface area contributed by atoms with Crippen LogP contribution in [0, 0.1) is 32.1 Å². The van der Waals surface area contributed by atoms with Crippen LogP contribution in [0.5, 0.6) is 0 Å². The van der Waals surface area contributed by atoms with E-state index in [4.69, 9.17) is 11.6 Å². The summed E-state index contributed by atoms with van der Waals surface area (Å²) in [6, 6.07) is 17.3. The molecule has 146 valence electrons. The molecule has 0 bridgehead atoms. The summed E-state index contributed by atoms with van der Waals surface area (Å²) in [7, 11) is 0. The number of anilines is 1. The maximum atomic E-state index is 12.7. The highest BCUT2D eigenvalue weighted by atomic mass is 79.9. The average Bonchev–Trinajstić information content (AvgIpc) is 2.96. The van der Waals surface area contributed by atoms with E-state index < -0.39 is 5.91 Å². The Morgan fingerprint density at radius 1 is 1.17 bits per heavy atom. The fourth-order valence-electron chi connectivity index (χ4n) is 3.20. The number of rotatable bonds is 4. The van der Waals surface area contributed by atoms with Crippen LogP contribution in [0.3, 0.4) is 0 Å². The van der Waals surface area contributed by atoms with Crippen LogP contribution in [0.4, 0.5) is 5.69 Å². The summed E-state index contributed by atoms with van der Waals surface area (Å²) in [5.74, 6) is -0.489. The zero-order valence-electron chi connectivity index (χ0n) is 16.3. The summed E-state index contributed by atoms with van der Waals surface area (Å²) >= 11 is 9.63. The van der Waals surface area contributed by atoms with Gasteiger partial charge >= 0.3 is 0 Å². The second kappa shape index (κ2) is 8.69. The molecule has 4 nitrogen and oxygen atoms in total. The zero-order chi connectivity index (χ0) is 21.1. The number of aromatic nitrogens is 1. The van der Waals surface area contributed by atoms with Gasteiger partial charge in [-0.25, -0.2) is 0 Å². The zero-order valence-corrected chi connectivity index (χ0v) is 18.6. The third-order valence-electron chi connectivity index (χ3n) is 4.68. The topological polar surface area (TPSA) is 57.8 Å². The van der Waals surface area contributed by atoms with Crippen molar-refractivity contribution >= 4 is 45.2 Å². The lowest BCUT2D eigenvalue weighted by atomic mass is 10.1. The van der Waals surface area contributed by atoms with Crippen molar-refractivity contribution in [3.8, 4) is 11.8 Å². The van der Waals surface area contributed by atoms with E-state index in [0.717, 1.165) is 32.7 Å². The molecule has 0 aliphatic rings. The van der Waals surface area contributed by atoms with Crippen LogP contribution in [0.2, 0.25) is 5.02 Å². The molecule has 0 spiro atoms. The number of nitrogens with zero attached hydrogens (tertiary/aromatic N) is 2. The standard InChI is InChI=1S/C23H19BrClN3O/c1-14-5-4-6-21(25)22(14)27-23(29)18(13-26)12-17-11-15(2)28(16(17)3)20-9-7-19(24)8-10-20/h4-12H,1-3H3,(H,27,29)/b18-12+. The van der Waals surface area contributed by atoms with Crippen LogP contribution in [0.15, 0.2) is 58.6 Å². The number of carbonyl (C=O) groups is 1. The Morgan fingerprint density at radius 2 is 1.86 bits per heavy atom. The van der Waals surface area contributed by atoms with Crippen LogP contribution >= 0.6 is 27.5 Å². The van der Waals surface area contributed by atoms with Crippen molar-refractivity contribution < 1.29 is 4.79 Å². The molecule has 2 aromatic carbocycles. The lowest BCUT2D eigenvalue weighted by Gasteiger charge is -2.10. The molecule has 0 aliphatic carbocycles. The van der Waals surface area contributed by atoms with Gasteiger partial charge in [0.1, 0.15) is 11.6 Å². The highest BCUT2D eigenvalue weighted by Crippen LogP contribution is 2.27. The summed E-state index contributed by atoms with van der Waals surface area (Å²) in [5, 5.41) is 12.8. The van der Waals surface area contributed by atoms with Gasteiger partial charge in [-0.2, -0.15) is 5.26 Å². The number of amides is 1. The van der Waals surface area contributed by atoms with Crippen molar-refractivity contribution in [2.45, 2.75) is 20.8 Å². The van der Waals surface area contributed by atoms with Gasteiger partial charge in [0, 0.05) is 21.5 Å². The predicted octanol–water partition coefficient (Wildman–Crippen LogP) is 6.36. The number of benzene rings is 2. The van der Waals surface area contributed by atoms with Crippen LogP contribution < -0.4 is 5.32 Å². The fraction of sp³-hybridized carbons (Fsp3) is 0.130. The smallest absolute Gasteiger partial charge is 0.266 e. The van der Waals surface area contributed by atoms with E-state index in [2.05, 4.69) is 25.8 Å². The monoisotopic (exact) mass is 467 g/mol. The van der Waals surface area contributed by atoms with E-state index in [1.54, 1.807) is 12.1 Å². The Balaban J connectivity index is 1.96. The van der Waals surface area contributed by atoms with Crippen molar-refractivity contribution in [1.29, 1.82) is 5.26 Å². The van der Waals surface area contributed by atoms with Crippen LogP contribution in [-0.2, 0) is 4.79 Å². The van der Waals surface area contributed by atoms with E-state index >= 15 is 0 Å². The van der Waals surface area contributed by atoms with E-state index in [9.17, 15) is 10.1 Å². The van der Waals surface area contributed by atoms with Gasteiger partial charge in [0.2, 0.25) is 0 Å². The number of para-hydroxylation sites is 1. The normalized spacial score (nSPS) is 11.2. The van der Waals surface area contributed by atoms with E-state index in [0.29, 0.717) is 10.7 Å². The van der Waals surface area contributed by atoms with Gasteiger partial charge in [0.15, 0.2) is 0 Å². The molecule has 0 atom stereocenters. The lowest BCUT2D eigenvalue weighted by molar-refractivity contribution is -0.112. The Kier molecular flexibility index (Phi) is 6.26. The minimum absolute atomic E-state index is 0.0142. The van der Waals surface area contributed by atoms with E-state index in [1.165, 1.54) is 0 Å². The first kappa shape index (κ1) is 20.9. The maximum Gasteiger partial charge on any atom is 0.266 e. The number of nitrogens with one attached hydrogen (secondary N) is 1. The number of hydrogen-bond acceptors (Lipinski definition) is 2. The van der Waals surface area contributed by atoms with Crippen LogP contribution in [0.1, 0.15) is 22.5 Å². The van der Waals surface area contributed by atoms with Crippen molar-refractivity contribution in [3.63, 3.8) is 0 Å². The molecule has 0 radical (unpaired) electrons. The minimum atomic E-state index is -0.489. The first-order valence-electron chi connectivity index (χ1n) is 8.95. The summed E-state index contributed by atoms with van der Waals surface area (Å²) in [4.78, 5) is 12.7. The molecule has 0 fully saturated rings. The third-order valence-corrected chi connectivity index (χ3v) is 5.52. The van der Waals surface area contributed by atoms with Gasteiger partial charge in [-0.1, -0.05) is 39.7 Å². The van der Waals surface area contributed by atoms with Crippen molar-refractivity contribution in [2.24, 2.45) is 0 Å². The molecule has 1 heterocycles. The molecule has 0 saturated carbocycles. The van der Waals surface area contributed by atoms with Crippen molar-refractivity contribution in [1.82, 2.24) is 4.57 Å². The number of carbonyl (C=O) groups excluding carboxylic acids is 1. The molecular formula is C23H19BrClN3O. The van der Waals surface area contributed by atoms with Crippen LogP contribution in [0.25, 0.3) is 11.8 Å². The van der Waals surface area contributed by atoms with Gasteiger partial charge in [-0.15, -0.1) is 0 Å². The predicted molar refractivity (Wildman–Crippen MR) is 121 cm³/mol. The molecule has 29 heavy (non-hydrogen) atoms. The first-order chi connectivity index (χ1) is 13.8. The first-order valence-corrected chi connectivity index (χ1v) is 10.1. The molecule has 3 rings (SSSR count). The number of nitriles is 1. The Morgan fingerprint density at radius 3 is 2.48 bits per heavy atom. The SMILES string of the molecule is Cc1cccc(Cl)c1NC(=O)/C(C#N)=C/c1cc(C)n(-c2ccc(Br)cc2)c1C. The Bertz CT molecular complexity index is 1130. The van der Waals surface area contributed by atoms with Crippen molar-refractivity contribution in [2.75, 3.05) is 5.32 Å². The minimum Gasteiger partial charge on any atom is -0.320 e. The molecule has 1 amide bonds. The highest BCUT2D eigenvalue weighted by molar-refractivity contribution is 9.10. The molecule has 0 aliphatic heterocycles. The third kappa shape index (κ3) is 4.45. The number of hydrogen-bond donors (Lipinski definition) is 1. The molecule has 6 heteroatoms. The Hall–Kier alpha value is -2.81. The summed E-state index contributed by atoms with van der Waals surface area (Å²) in [6.45, 7) is 5.81. The van der Waals surface area contributed by atoms with Gasteiger partial charge in [0.25, 0.3) is 5.91 Å². The van der Waals surface area contributed by atoms with Gasteiger partial charge in [0.05, 0.1) is 10.7 Å². The molecule has 1 aromatic heterocycles. The van der Waals surface area contributed by atoms with Crippen molar-refractivity contribution in [3.05, 3.63) is 86.1 Å². The largest absolute Gasteiger partial charge is 0.320 e. The Labute approximate surface area is 183 Å². The van der Waals surface area contributed by atoms with Crippen LogP contribution in [-0.4, -0.2) is 10.5 Å². The summed E-state index contributed by atoms with van der Waals surface area (Å²) in [6.07, 6.45) is 1.61. The summed E-state index contributed by atoms with van der Waals surface area (Å²) in [5.41, 5.74) is 5.14. The van der Waals surface area contributed by atoms with Gasteiger partial charge in [-0.3, -0.25) is 4.79 Å². The summed E-state index contributed by atoms with van der Waals surface area (Å²) < 4.78 is 3.09. The van der Waals surface area contributed by atoms with Gasteiger partial charge in [-0.05, 0) is 74.4 Å². The molecule has 3 aromatic rings. The fourth-order valence-corrected chi connectivity index (χ4v) is 3.73. The molecule has 0 unspecified atom stereocenters. The second-order valence-electron chi connectivity index (χ2n) is 6.69. The highest BCUT2D eigenvalue weighted by Gasteiger charge is 2.15. The molecular weight excluding hydrogens is 450 g/mol.